The number of ether oxygens (including phenoxy) is 1. The van der Waals surface area contributed by atoms with E-state index in [0.29, 0.717) is 0 Å². The van der Waals surface area contributed by atoms with E-state index in [1.807, 2.05) is 20.8 Å². The maximum atomic E-state index is 13.6. The zero-order valence-corrected chi connectivity index (χ0v) is 12.3. The van der Waals surface area contributed by atoms with Gasteiger partial charge < -0.3 is 4.74 Å². The summed E-state index contributed by atoms with van der Waals surface area (Å²) in [6.45, 7) is 10.6. The van der Waals surface area contributed by atoms with Gasteiger partial charge in [-0.05, 0) is 20.8 Å². The number of hydrogen-bond acceptors (Lipinski definition) is 3. The fraction of sp³-hybridized carbons (Fsp3) is 0.857. The molecule has 0 aliphatic rings. The zero-order chi connectivity index (χ0) is 14.6. The molecule has 0 unspecified atom stereocenters. The van der Waals surface area contributed by atoms with Crippen LogP contribution in [0.3, 0.4) is 0 Å². The highest BCUT2D eigenvalue weighted by Gasteiger charge is 2.26. The molecule has 0 N–H and O–H groups in total. The van der Waals surface area contributed by atoms with Crippen molar-refractivity contribution in [1.82, 2.24) is 0 Å². The molecular formula is C14H25FO3. The van der Waals surface area contributed by atoms with Crippen LogP contribution in [0.1, 0.15) is 54.4 Å². The average molecular weight is 260 g/mol. The van der Waals surface area contributed by atoms with E-state index in [4.69, 9.17) is 4.74 Å². The molecule has 18 heavy (non-hydrogen) atoms. The fourth-order valence-corrected chi connectivity index (χ4v) is 1.18. The molecule has 0 fully saturated rings. The van der Waals surface area contributed by atoms with E-state index in [2.05, 4.69) is 0 Å². The summed E-state index contributed by atoms with van der Waals surface area (Å²) in [5.41, 5.74) is -0.974. The summed E-state index contributed by atoms with van der Waals surface area (Å²) in [6.07, 6.45) is -1.87. The number of Topliss-reactive ketones (excluding diaryl/α,β-unsaturated/α-hetero) is 2. The van der Waals surface area contributed by atoms with Crippen molar-refractivity contribution >= 4 is 11.6 Å². The molecule has 0 aliphatic heterocycles. The van der Waals surface area contributed by atoms with Gasteiger partial charge >= 0.3 is 0 Å². The van der Waals surface area contributed by atoms with Crippen LogP contribution in [0.4, 0.5) is 4.39 Å². The SMILES string of the molecule is CC(C)(C)OCC(=O)C[C@H](F)CC(=O)C(C)(C)C. The lowest BCUT2D eigenvalue weighted by molar-refractivity contribution is -0.131. The van der Waals surface area contributed by atoms with Gasteiger partial charge in [-0.15, -0.1) is 0 Å². The van der Waals surface area contributed by atoms with Crippen LogP contribution in [-0.2, 0) is 14.3 Å². The molecule has 4 heteroatoms. The molecular weight excluding hydrogens is 235 g/mol. The highest BCUT2D eigenvalue weighted by atomic mass is 19.1. The van der Waals surface area contributed by atoms with Crippen molar-refractivity contribution in [2.45, 2.75) is 66.2 Å². The third-order valence-electron chi connectivity index (χ3n) is 2.36. The highest BCUT2D eigenvalue weighted by molar-refractivity contribution is 5.85. The van der Waals surface area contributed by atoms with Crippen molar-refractivity contribution < 1.29 is 18.7 Å². The van der Waals surface area contributed by atoms with E-state index < -0.39 is 17.2 Å². The summed E-state index contributed by atoms with van der Waals surface area (Å²) in [4.78, 5) is 23.0. The second-order valence-electron chi connectivity index (χ2n) is 6.62. The molecule has 0 aromatic carbocycles. The van der Waals surface area contributed by atoms with E-state index in [0.717, 1.165) is 0 Å². The van der Waals surface area contributed by atoms with Crippen LogP contribution in [0.2, 0.25) is 0 Å². The van der Waals surface area contributed by atoms with Crippen molar-refractivity contribution in [3.63, 3.8) is 0 Å². The van der Waals surface area contributed by atoms with Crippen LogP contribution in [0.25, 0.3) is 0 Å². The Morgan fingerprint density at radius 3 is 1.94 bits per heavy atom. The summed E-state index contributed by atoms with van der Waals surface area (Å²) in [6, 6.07) is 0. The molecule has 106 valence electrons. The number of hydrogen-bond donors (Lipinski definition) is 0. The first-order valence-electron chi connectivity index (χ1n) is 6.25. The maximum absolute atomic E-state index is 13.6. The van der Waals surface area contributed by atoms with Gasteiger partial charge in [-0.1, -0.05) is 20.8 Å². The van der Waals surface area contributed by atoms with Gasteiger partial charge in [0.2, 0.25) is 0 Å². The summed E-state index contributed by atoms with van der Waals surface area (Å²) in [7, 11) is 0. The van der Waals surface area contributed by atoms with Crippen LogP contribution in [0, 0.1) is 5.41 Å². The lowest BCUT2D eigenvalue weighted by Gasteiger charge is -2.20. The third-order valence-corrected chi connectivity index (χ3v) is 2.36. The van der Waals surface area contributed by atoms with Crippen molar-refractivity contribution in [3.8, 4) is 0 Å². The summed E-state index contributed by atoms with van der Waals surface area (Å²) < 4.78 is 18.8. The first-order valence-corrected chi connectivity index (χ1v) is 6.25. The van der Waals surface area contributed by atoms with Gasteiger partial charge in [0.15, 0.2) is 5.78 Å². The molecule has 0 rings (SSSR count). The van der Waals surface area contributed by atoms with Crippen LogP contribution >= 0.6 is 0 Å². The summed E-state index contributed by atoms with van der Waals surface area (Å²) >= 11 is 0. The Morgan fingerprint density at radius 1 is 1.06 bits per heavy atom. The minimum absolute atomic E-state index is 0.104. The second-order valence-corrected chi connectivity index (χ2v) is 6.62. The Bertz CT molecular complexity index is 297. The molecule has 1 atom stereocenters. The quantitative estimate of drug-likeness (QED) is 0.737. The molecule has 0 spiro atoms. The minimum Gasteiger partial charge on any atom is -0.368 e. The molecule has 0 amide bonds. The lowest BCUT2D eigenvalue weighted by atomic mass is 9.87. The van der Waals surface area contributed by atoms with Crippen molar-refractivity contribution in [3.05, 3.63) is 0 Å². The fourth-order valence-electron chi connectivity index (χ4n) is 1.18. The Kier molecular flexibility index (Phi) is 6.14. The highest BCUT2D eigenvalue weighted by Crippen LogP contribution is 2.20. The van der Waals surface area contributed by atoms with E-state index in [1.54, 1.807) is 20.8 Å². The summed E-state index contributed by atoms with van der Waals surface area (Å²) in [5, 5.41) is 0. The Hall–Kier alpha value is -0.770. The van der Waals surface area contributed by atoms with Crippen LogP contribution < -0.4 is 0 Å². The van der Waals surface area contributed by atoms with Gasteiger partial charge in [0.25, 0.3) is 0 Å². The molecule has 0 saturated heterocycles. The molecule has 0 aromatic rings. The Labute approximate surface area is 109 Å². The molecule has 0 aromatic heterocycles. The minimum atomic E-state index is -1.41. The number of carbonyl (C=O) groups is 2. The van der Waals surface area contributed by atoms with Crippen LogP contribution in [-0.4, -0.2) is 29.9 Å². The molecule has 0 aliphatic carbocycles. The largest absolute Gasteiger partial charge is 0.368 e. The van der Waals surface area contributed by atoms with Gasteiger partial charge in [0.05, 0.1) is 5.60 Å². The standard InChI is InChI=1S/C14H25FO3/c1-13(2,3)12(17)8-10(15)7-11(16)9-18-14(4,5)6/h10H,7-9H2,1-6H3/t10-/m0/s1. The number of halogens is 1. The van der Waals surface area contributed by atoms with Crippen LogP contribution in [0.5, 0.6) is 0 Å². The maximum Gasteiger partial charge on any atom is 0.161 e. The number of carbonyl (C=O) groups excluding carboxylic acids is 2. The first-order chi connectivity index (χ1) is 7.92. The predicted octanol–water partition coefficient (Wildman–Crippen LogP) is 3.10. The number of ketones is 2. The average Bonchev–Trinajstić information content (AvgIpc) is 2.11. The van der Waals surface area contributed by atoms with Crippen molar-refractivity contribution in [2.24, 2.45) is 5.41 Å². The lowest BCUT2D eigenvalue weighted by Crippen LogP contribution is -2.27. The van der Waals surface area contributed by atoms with Gasteiger partial charge in [0.1, 0.15) is 18.6 Å². The van der Waals surface area contributed by atoms with Gasteiger partial charge in [-0.2, -0.15) is 0 Å². The number of alkyl halides is 1. The first kappa shape index (κ1) is 17.2. The van der Waals surface area contributed by atoms with E-state index in [-0.39, 0.29) is 31.0 Å². The molecule has 3 nitrogen and oxygen atoms in total. The summed E-state index contributed by atoms with van der Waals surface area (Å²) in [5.74, 6) is -0.473. The normalized spacial score (nSPS) is 14.4. The smallest absolute Gasteiger partial charge is 0.161 e. The number of rotatable bonds is 6. The molecule has 0 saturated carbocycles. The van der Waals surface area contributed by atoms with Crippen LogP contribution in [0.15, 0.2) is 0 Å². The zero-order valence-electron chi connectivity index (χ0n) is 12.3. The monoisotopic (exact) mass is 260 g/mol. The molecule has 0 bridgehead atoms. The van der Waals surface area contributed by atoms with Gasteiger partial charge in [-0.25, -0.2) is 4.39 Å². The third kappa shape index (κ3) is 8.34. The second kappa shape index (κ2) is 6.41. The van der Waals surface area contributed by atoms with Gasteiger partial charge in [0, 0.05) is 18.3 Å². The van der Waals surface area contributed by atoms with Crippen molar-refractivity contribution in [1.29, 1.82) is 0 Å². The topological polar surface area (TPSA) is 43.4 Å². The predicted molar refractivity (Wildman–Crippen MR) is 69.3 cm³/mol. The van der Waals surface area contributed by atoms with E-state index in [9.17, 15) is 14.0 Å². The Morgan fingerprint density at radius 2 is 1.56 bits per heavy atom. The molecule has 0 heterocycles. The van der Waals surface area contributed by atoms with Gasteiger partial charge in [-0.3, -0.25) is 9.59 Å². The van der Waals surface area contributed by atoms with E-state index in [1.165, 1.54) is 0 Å². The Balaban J connectivity index is 4.06. The van der Waals surface area contributed by atoms with Crippen molar-refractivity contribution in [2.75, 3.05) is 6.61 Å². The van der Waals surface area contributed by atoms with E-state index >= 15 is 0 Å². The molecule has 0 radical (unpaired) electrons.